The van der Waals surface area contributed by atoms with E-state index in [4.69, 9.17) is 21.1 Å². The number of hydrogen-bond donors (Lipinski definition) is 3. The van der Waals surface area contributed by atoms with Crippen molar-refractivity contribution < 1.29 is 24.2 Å². The number of allylic oxidation sites excluding steroid dienone is 2. The van der Waals surface area contributed by atoms with Crippen molar-refractivity contribution in [3.05, 3.63) is 64.4 Å². The third-order valence-electron chi connectivity index (χ3n) is 6.47. The van der Waals surface area contributed by atoms with E-state index in [1.54, 1.807) is 11.8 Å². The molecule has 8 nitrogen and oxygen atoms in total. The molecule has 0 radical (unpaired) electrons. The summed E-state index contributed by atoms with van der Waals surface area (Å²) in [5.74, 6) is 0.671. The Bertz CT molecular complexity index is 1040. The molecule has 0 saturated carbocycles. The van der Waals surface area contributed by atoms with E-state index in [9.17, 15) is 14.7 Å². The van der Waals surface area contributed by atoms with Gasteiger partial charge in [0.2, 0.25) is 5.91 Å². The van der Waals surface area contributed by atoms with Gasteiger partial charge < -0.3 is 25.2 Å². The van der Waals surface area contributed by atoms with Crippen molar-refractivity contribution in [1.29, 1.82) is 0 Å². The quantitative estimate of drug-likeness (QED) is 0.505. The molecule has 4 rings (SSSR count). The molecule has 3 unspecified atom stereocenters. The Balaban J connectivity index is 1.49. The van der Waals surface area contributed by atoms with Gasteiger partial charge in [-0.25, -0.2) is 4.79 Å². The fourth-order valence-corrected chi connectivity index (χ4v) is 5.02. The Labute approximate surface area is 210 Å². The van der Waals surface area contributed by atoms with Gasteiger partial charge in [-0.1, -0.05) is 35.9 Å². The van der Waals surface area contributed by atoms with Crippen LogP contribution in [0.15, 0.2) is 58.8 Å². The first-order valence-electron chi connectivity index (χ1n) is 12.0. The van der Waals surface area contributed by atoms with Gasteiger partial charge in [0.15, 0.2) is 0 Å². The molecule has 2 aliphatic heterocycles. The molecule has 3 N–H and O–H groups in total. The van der Waals surface area contributed by atoms with Crippen molar-refractivity contribution in [2.75, 3.05) is 26.3 Å². The van der Waals surface area contributed by atoms with E-state index in [-0.39, 0.29) is 36.5 Å². The number of nitrogens with zero attached hydrogens (tertiary/aromatic N) is 1. The van der Waals surface area contributed by atoms with E-state index in [0.29, 0.717) is 31.9 Å². The Morgan fingerprint density at radius 1 is 1.31 bits per heavy atom. The minimum Gasteiger partial charge on any atom is -0.493 e. The summed E-state index contributed by atoms with van der Waals surface area (Å²) >= 11 is 6.29. The molecule has 1 aliphatic carbocycles. The molecule has 0 spiro atoms. The van der Waals surface area contributed by atoms with Gasteiger partial charge in [0.25, 0.3) is 0 Å². The largest absolute Gasteiger partial charge is 0.493 e. The molecule has 3 aliphatic rings. The van der Waals surface area contributed by atoms with E-state index in [1.165, 1.54) is 12.5 Å². The number of aliphatic hydroxyl groups excluding tert-OH is 1. The molecule has 0 saturated heterocycles. The number of carbonyl (C=O) groups is 2. The van der Waals surface area contributed by atoms with E-state index < -0.39 is 6.10 Å². The number of benzene rings is 1. The zero-order valence-electron chi connectivity index (χ0n) is 20.0. The second-order valence-corrected chi connectivity index (χ2v) is 9.32. The normalized spacial score (nSPS) is 23.6. The number of rotatable bonds is 8. The summed E-state index contributed by atoms with van der Waals surface area (Å²) in [5, 5.41) is 16.9. The third kappa shape index (κ3) is 5.82. The molecule has 1 aromatic carbocycles. The summed E-state index contributed by atoms with van der Waals surface area (Å²) in [6.07, 6.45) is 6.22. The van der Waals surface area contributed by atoms with Crippen LogP contribution in [0.5, 0.6) is 5.75 Å². The summed E-state index contributed by atoms with van der Waals surface area (Å²) in [5.41, 5.74) is 3.26. The second-order valence-electron chi connectivity index (χ2n) is 8.89. The van der Waals surface area contributed by atoms with Crippen LogP contribution in [-0.4, -0.2) is 60.5 Å². The molecular formula is C26H32ClN3O5. The average molecular weight is 502 g/mol. The fraction of sp³-hybridized carbons (Fsp3) is 0.462. The third-order valence-corrected chi connectivity index (χ3v) is 6.72. The predicted octanol–water partition coefficient (Wildman–Crippen LogP) is 3.39. The molecule has 1 aromatic rings. The smallest absolute Gasteiger partial charge is 0.410 e. The molecule has 9 heteroatoms. The Morgan fingerprint density at radius 2 is 2.09 bits per heavy atom. The van der Waals surface area contributed by atoms with Gasteiger partial charge in [-0.3, -0.25) is 9.69 Å². The van der Waals surface area contributed by atoms with Crippen LogP contribution in [-0.2, 0) is 9.53 Å². The lowest BCUT2D eigenvalue weighted by molar-refractivity contribution is -0.119. The molecule has 0 aromatic heterocycles. The first-order valence-corrected chi connectivity index (χ1v) is 12.4. The number of fused-ring (bicyclic) bond motifs is 2. The lowest BCUT2D eigenvalue weighted by Gasteiger charge is -2.37. The molecule has 0 fully saturated rings. The minimum atomic E-state index is -0.669. The lowest BCUT2D eigenvalue weighted by Crippen LogP contribution is -2.42. The number of carbonyl (C=O) groups excluding carboxylic acids is 2. The summed E-state index contributed by atoms with van der Waals surface area (Å²) in [7, 11) is 0. The molecule has 2 heterocycles. The van der Waals surface area contributed by atoms with E-state index in [2.05, 4.69) is 22.8 Å². The number of ether oxygens (including phenoxy) is 2. The Hall–Kier alpha value is -2.97. The molecule has 188 valence electrons. The van der Waals surface area contributed by atoms with E-state index in [1.807, 2.05) is 30.3 Å². The maximum atomic E-state index is 12.8. The maximum absolute atomic E-state index is 12.8. The number of amides is 2. The van der Waals surface area contributed by atoms with Gasteiger partial charge in [-0.2, -0.15) is 0 Å². The summed E-state index contributed by atoms with van der Waals surface area (Å²) in [6.45, 7) is 4.61. The molecule has 0 bridgehead atoms. The number of nitrogens with one attached hydrogen (secondary N) is 2. The van der Waals surface area contributed by atoms with Crippen LogP contribution < -0.4 is 15.4 Å². The predicted molar refractivity (Wildman–Crippen MR) is 133 cm³/mol. The highest BCUT2D eigenvalue weighted by atomic mass is 35.5. The zero-order valence-corrected chi connectivity index (χ0v) is 20.8. The van der Waals surface area contributed by atoms with Crippen molar-refractivity contribution in [3.63, 3.8) is 0 Å². The highest BCUT2D eigenvalue weighted by Gasteiger charge is 2.43. The van der Waals surface area contributed by atoms with Crippen molar-refractivity contribution in [3.8, 4) is 5.75 Å². The maximum Gasteiger partial charge on any atom is 0.410 e. The van der Waals surface area contributed by atoms with Gasteiger partial charge in [-0.15, -0.1) is 0 Å². The van der Waals surface area contributed by atoms with Crippen molar-refractivity contribution >= 4 is 23.6 Å². The molecular weight excluding hydrogens is 470 g/mol. The minimum absolute atomic E-state index is 0.124. The van der Waals surface area contributed by atoms with Crippen molar-refractivity contribution in [2.24, 2.45) is 5.92 Å². The lowest BCUT2D eigenvalue weighted by atomic mass is 9.85. The Morgan fingerprint density at radius 3 is 2.80 bits per heavy atom. The molecule has 4 atom stereocenters. The second kappa shape index (κ2) is 11.2. The topological polar surface area (TPSA) is 100 Å². The monoisotopic (exact) mass is 501 g/mol. The van der Waals surface area contributed by atoms with E-state index in [0.717, 1.165) is 22.7 Å². The van der Waals surface area contributed by atoms with Crippen LogP contribution in [0.4, 0.5) is 4.79 Å². The summed E-state index contributed by atoms with van der Waals surface area (Å²) in [4.78, 5) is 25.6. The highest BCUT2D eigenvalue weighted by molar-refractivity contribution is 6.31. The zero-order chi connectivity index (χ0) is 24.9. The SMILES string of the molecule is CCOC(=O)N1CCC2=C(NC3C=CC(Cl)=CC23)[C@@H]1c1ccc(OCCC(O)CNC(C)=O)cc1. The van der Waals surface area contributed by atoms with Gasteiger partial charge in [-0.05, 0) is 42.7 Å². The fourth-order valence-electron chi connectivity index (χ4n) is 4.81. The van der Waals surface area contributed by atoms with Crippen LogP contribution in [0.2, 0.25) is 0 Å². The van der Waals surface area contributed by atoms with Gasteiger partial charge in [0.1, 0.15) is 11.8 Å². The first kappa shape index (κ1) is 25.1. The summed E-state index contributed by atoms with van der Waals surface area (Å²) in [6, 6.07) is 7.48. The number of hydrogen-bond acceptors (Lipinski definition) is 6. The van der Waals surface area contributed by atoms with Crippen LogP contribution >= 0.6 is 11.6 Å². The van der Waals surface area contributed by atoms with Gasteiger partial charge in [0.05, 0.1) is 25.4 Å². The first-order chi connectivity index (χ1) is 16.9. The van der Waals surface area contributed by atoms with Crippen LogP contribution in [0.1, 0.15) is 38.3 Å². The van der Waals surface area contributed by atoms with Crippen LogP contribution in [0.3, 0.4) is 0 Å². The van der Waals surface area contributed by atoms with E-state index >= 15 is 0 Å². The molecule has 35 heavy (non-hydrogen) atoms. The Kier molecular flexibility index (Phi) is 8.03. The molecule has 2 amide bonds. The van der Waals surface area contributed by atoms with Gasteiger partial charge >= 0.3 is 6.09 Å². The van der Waals surface area contributed by atoms with Crippen LogP contribution in [0, 0.1) is 5.92 Å². The highest BCUT2D eigenvalue weighted by Crippen LogP contribution is 2.44. The number of halogens is 1. The van der Waals surface area contributed by atoms with Crippen molar-refractivity contribution in [1.82, 2.24) is 15.5 Å². The van der Waals surface area contributed by atoms with Gasteiger partial charge in [0, 0.05) is 43.1 Å². The number of aliphatic hydroxyl groups is 1. The summed E-state index contributed by atoms with van der Waals surface area (Å²) < 4.78 is 11.1. The van der Waals surface area contributed by atoms with Crippen molar-refractivity contribution in [2.45, 2.75) is 44.9 Å². The van der Waals surface area contributed by atoms with Crippen LogP contribution in [0.25, 0.3) is 0 Å². The average Bonchev–Trinajstić information content (AvgIpc) is 3.20. The standard InChI is InChI=1S/C26H32ClN3O5/c1-3-34-26(33)30-12-10-21-22-14-18(27)6-9-23(22)29-24(21)25(30)17-4-7-20(8-5-17)35-13-11-19(32)15-28-16(2)31/h4-9,14,19,22-23,25,29,32H,3,10-13,15H2,1-2H3,(H,28,31)/t19?,22?,23?,25-/m0/s1.